The van der Waals surface area contributed by atoms with E-state index in [1.807, 2.05) is 31.2 Å². The third-order valence-corrected chi connectivity index (χ3v) is 9.68. The first-order valence-electron chi connectivity index (χ1n) is 7.74. The molecule has 0 heterocycles. The van der Waals surface area contributed by atoms with E-state index < -0.39 is 19.1 Å². The number of hydrogen-bond donors (Lipinski definition) is 0. The fourth-order valence-corrected chi connectivity index (χ4v) is 3.36. The van der Waals surface area contributed by atoms with Gasteiger partial charge in [-0.1, -0.05) is 44.4 Å². The summed E-state index contributed by atoms with van der Waals surface area (Å²) in [4.78, 5) is 0.774. The van der Waals surface area contributed by atoms with Crippen LogP contribution < -0.4 is 0 Å². The minimum atomic E-state index is -1.65. The highest BCUT2D eigenvalue weighted by atomic mass is 32.2. The zero-order valence-electron chi connectivity index (χ0n) is 14.7. The van der Waals surface area contributed by atoms with Gasteiger partial charge in [-0.3, -0.25) is 0 Å². The van der Waals surface area contributed by atoms with Crippen molar-refractivity contribution in [2.45, 2.75) is 63.6 Å². The molecule has 0 aliphatic heterocycles. The first-order chi connectivity index (χ1) is 10.1. The van der Waals surface area contributed by atoms with Crippen molar-refractivity contribution in [3.05, 3.63) is 29.8 Å². The highest BCUT2D eigenvalue weighted by molar-refractivity contribution is 7.89. The molecule has 1 atom stereocenters. The Hall–Kier alpha value is -0.893. The number of benzene rings is 1. The maximum atomic E-state index is 12.0. The Kier molecular flexibility index (Phi) is 7.05. The van der Waals surface area contributed by atoms with Gasteiger partial charge in [-0.2, -0.15) is 0 Å². The minimum absolute atomic E-state index is 0.242. The molecule has 1 aromatic carbocycles. The van der Waals surface area contributed by atoms with E-state index in [0.717, 1.165) is 29.9 Å². The average Bonchev–Trinajstić information content (AvgIpc) is 2.41. The molecule has 0 spiro atoms. The van der Waals surface area contributed by atoms with E-state index in [1.165, 1.54) is 0 Å². The Labute approximate surface area is 139 Å². The van der Waals surface area contributed by atoms with Crippen LogP contribution in [-0.2, 0) is 15.2 Å². The van der Waals surface area contributed by atoms with Crippen LogP contribution in [0.3, 0.4) is 0 Å². The van der Waals surface area contributed by atoms with Gasteiger partial charge in [0.25, 0.3) is 0 Å². The van der Waals surface area contributed by atoms with Crippen LogP contribution in [-0.4, -0.2) is 19.1 Å². The van der Waals surface area contributed by atoms with E-state index in [-0.39, 0.29) is 5.04 Å². The van der Waals surface area contributed by atoms with Crippen LogP contribution >= 0.6 is 0 Å². The van der Waals surface area contributed by atoms with E-state index in [4.69, 9.17) is 4.43 Å². The summed E-state index contributed by atoms with van der Waals surface area (Å²) >= 11 is 0. The second-order valence-corrected chi connectivity index (χ2v) is 13.1. The maximum Gasteiger partial charge on any atom is 0.191 e. The van der Waals surface area contributed by atoms with E-state index in [1.54, 1.807) is 0 Å². The predicted molar refractivity (Wildman–Crippen MR) is 97.7 cm³/mol. The quantitative estimate of drug-likeness (QED) is 0.436. The number of rotatable bonds is 5. The third kappa shape index (κ3) is 6.08. The SMILES string of the molecule is Cc1ccc(S(=O)C#CCCCO[Si](C)(C)C(C)(C)C)cc1. The average molecular weight is 337 g/mol. The van der Waals surface area contributed by atoms with Gasteiger partial charge < -0.3 is 4.43 Å². The van der Waals surface area contributed by atoms with Crippen molar-refractivity contribution in [1.29, 1.82) is 0 Å². The molecule has 0 amide bonds. The third-order valence-electron chi connectivity index (χ3n) is 4.12. The van der Waals surface area contributed by atoms with Crippen molar-refractivity contribution in [3.8, 4) is 11.2 Å². The molecule has 0 saturated carbocycles. The minimum Gasteiger partial charge on any atom is -0.417 e. The molecule has 0 saturated heterocycles. The molecule has 0 aliphatic rings. The van der Waals surface area contributed by atoms with Crippen molar-refractivity contribution in [2.75, 3.05) is 6.61 Å². The normalized spacial score (nSPS) is 13.4. The van der Waals surface area contributed by atoms with Crippen molar-refractivity contribution < 1.29 is 8.63 Å². The van der Waals surface area contributed by atoms with Crippen LogP contribution in [0.25, 0.3) is 0 Å². The lowest BCUT2D eigenvalue weighted by Crippen LogP contribution is -2.40. The van der Waals surface area contributed by atoms with Gasteiger partial charge in [0.2, 0.25) is 0 Å². The molecule has 1 aromatic rings. The molecule has 0 bridgehead atoms. The Morgan fingerprint density at radius 3 is 2.32 bits per heavy atom. The van der Waals surface area contributed by atoms with Crippen molar-refractivity contribution >= 4 is 19.1 Å². The van der Waals surface area contributed by atoms with E-state index >= 15 is 0 Å². The summed E-state index contributed by atoms with van der Waals surface area (Å²) in [6.45, 7) is 14.0. The largest absolute Gasteiger partial charge is 0.417 e. The Morgan fingerprint density at radius 2 is 1.77 bits per heavy atom. The molecule has 0 radical (unpaired) electrons. The topological polar surface area (TPSA) is 26.3 Å². The predicted octanol–water partition coefficient (Wildman–Crippen LogP) is 4.87. The second-order valence-electron chi connectivity index (χ2n) is 7.07. The van der Waals surface area contributed by atoms with Gasteiger partial charge in [0.15, 0.2) is 8.32 Å². The zero-order valence-corrected chi connectivity index (χ0v) is 16.5. The van der Waals surface area contributed by atoms with Crippen LogP contribution in [0.4, 0.5) is 0 Å². The summed E-state index contributed by atoms with van der Waals surface area (Å²) in [5, 5.41) is 3.07. The Morgan fingerprint density at radius 1 is 1.18 bits per heavy atom. The summed E-state index contributed by atoms with van der Waals surface area (Å²) < 4.78 is 18.1. The van der Waals surface area contributed by atoms with Gasteiger partial charge in [0.1, 0.15) is 10.8 Å². The summed E-state index contributed by atoms with van der Waals surface area (Å²) in [5.74, 6) is 3.01. The number of unbranched alkanes of at least 4 members (excludes halogenated alkanes) is 1. The molecule has 0 aromatic heterocycles. The van der Waals surface area contributed by atoms with Gasteiger partial charge >= 0.3 is 0 Å². The summed E-state index contributed by atoms with van der Waals surface area (Å²) in [5.41, 5.74) is 1.16. The molecule has 4 heteroatoms. The molecule has 0 fully saturated rings. The smallest absolute Gasteiger partial charge is 0.191 e. The molecule has 2 nitrogen and oxygen atoms in total. The first-order valence-corrected chi connectivity index (χ1v) is 11.8. The maximum absolute atomic E-state index is 12.0. The van der Waals surface area contributed by atoms with E-state index in [9.17, 15) is 4.21 Å². The summed E-state index contributed by atoms with van der Waals surface area (Å²) in [7, 11) is -2.87. The van der Waals surface area contributed by atoms with Gasteiger partial charge in [0, 0.05) is 18.3 Å². The highest BCUT2D eigenvalue weighted by Gasteiger charge is 2.36. The molecular formula is C18H28O2SSi. The molecule has 1 unspecified atom stereocenters. The molecule has 1 rings (SSSR count). The summed E-state index contributed by atoms with van der Waals surface area (Å²) in [6.07, 6.45) is 1.62. The van der Waals surface area contributed by atoms with Crippen molar-refractivity contribution in [2.24, 2.45) is 0 Å². The standard InChI is InChI=1S/C18H28O2SSi/c1-16-10-12-17(13-11-16)21(19)15-9-7-8-14-20-22(5,6)18(2,3)4/h10-13H,7-8,14H2,1-6H3. The van der Waals surface area contributed by atoms with Gasteiger partial charge in [-0.25, -0.2) is 4.21 Å². The van der Waals surface area contributed by atoms with Gasteiger partial charge in [0.05, 0.1) is 4.90 Å². The van der Waals surface area contributed by atoms with Crippen LogP contribution in [0, 0.1) is 18.1 Å². The van der Waals surface area contributed by atoms with Crippen molar-refractivity contribution in [1.82, 2.24) is 0 Å². The van der Waals surface area contributed by atoms with Crippen LogP contribution in [0.1, 0.15) is 39.2 Å². The Bertz CT molecular complexity index is 559. The molecular weight excluding hydrogens is 308 g/mol. The van der Waals surface area contributed by atoms with Crippen LogP contribution in [0.15, 0.2) is 29.2 Å². The molecule has 0 N–H and O–H groups in total. The van der Waals surface area contributed by atoms with Crippen LogP contribution in [0.2, 0.25) is 18.1 Å². The summed E-state index contributed by atoms with van der Waals surface area (Å²) in [6, 6.07) is 7.67. The fraction of sp³-hybridized carbons (Fsp3) is 0.556. The molecule has 22 heavy (non-hydrogen) atoms. The first kappa shape index (κ1) is 19.2. The molecule has 0 aliphatic carbocycles. The fourth-order valence-electron chi connectivity index (χ4n) is 1.54. The lowest BCUT2D eigenvalue weighted by Gasteiger charge is -2.36. The van der Waals surface area contributed by atoms with Gasteiger partial charge in [-0.05, 0) is 43.6 Å². The van der Waals surface area contributed by atoms with Crippen LogP contribution in [0.5, 0.6) is 0 Å². The lowest BCUT2D eigenvalue weighted by atomic mass is 10.2. The zero-order chi connectivity index (χ0) is 16.8. The highest BCUT2D eigenvalue weighted by Crippen LogP contribution is 2.36. The number of aryl methyl sites for hydroxylation is 1. The van der Waals surface area contributed by atoms with E-state index in [2.05, 4.69) is 45.0 Å². The number of hydrogen-bond acceptors (Lipinski definition) is 2. The lowest BCUT2D eigenvalue weighted by molar-refractivity contribution is 0.284. The second kappa shape index (κ2) is 8.10. The van der Waals surface area contributed by atoms with Gasteiger partial charge in [-0.15, -0.1) is 0 Å². The molecule has 122 valence electrons. The monoisotopic (exact) mass is 336 g/mol. The van der Waals surface area contributed by atoms with E-state index in [0.29, 0.717) is 0 Å². The Balaban J connectivity index is 2.37. The van der Waals surface area contributed by atoms with Crippen molar-refractivity contribution in [3.63, 3.8) is 0 Å².